The van der Waals surface area contributed by atoms with Crippen LogP contribution < -0.4 is 15.0 Å². The third kappa shape index (κ3) is 1.69. The summed E-state index contributed by atoms with van der Waals surface area (Å²) in [7, 11) is 0. The highest BCUT2D eigenvalue weighted by Gasteiger charge is 2.43. The highest BCUT2D eigenvalue weighted by atomic mass is 32.1. The number of aromatic nitrogens is 1. The summed E-state index contributed by atoms with van der Waals surface area (Å²) in [5.41, 5.74) is 2.14. The van der Waals surface area contributed by atoms with Gasteiger partial charge in [-0.1, -0.05) is 11.3 Å². The summed E-state index contributed by atoms with van der Waals surface area (Å²) in [4.78, 5) is 18.9. The van der Waals surface area contributed by atoms with Gasteiger partial charge in [-0.3, -0.25) is 4.90 Å². The number of anilines is 1. The Balaban J connectivity index is 1.60. The molecule has 22 heavy (non-hydrogen) atoms. The van der Waals surface area contributed by atoms with E-state index in [1.165, 1.54) is 0 Å². The molecule has 0 aliphatic carbocycles. The first-order valence-corrected chi connectivity index (χ1v) is 8.35. The second-order valence-electron chi connectivity index (χ2n) is 5.84. The van der Waals surface area contributed by atoms with Crippen LogP contribution >= 0.6 is 11.3 Å². The summed E-state index contributed by atoms with van der Waals surface area (Å²) >= 11 is 1.56. The molecule has 2 fully saturated rings. The Bertz CT molecular complexity index is 775. The molecule has 2 amide bonds. The number of thiazole rings is 1. The van der Waals surface area contributed by atoms with Crippen LogP contribution in [0.25, 0.3) is 10.2 Å². The van der Waals surface area contributed by atoms with Crippen molar-refractivity contribution < 1.29 is 14.3 Å². The molecule has 3 aliphatic rings. The average Bonchev–Trinajstić information content (AvgIpc) is 3.20. The number of hydrogen-bond acceptors (Lipinski definition) is 5. The fourth-order valence-corrected chi connectivity index (χ4v) is 4.57. The van der Waals surface area contributed by atoms with E-state index < -0.39 is 0 Å². The lowest BCUT2D eigenvalue weighted by Gasteiger charge is -2.28. The molecule has 2 saturated heterocycles. The van der Waals surface area contributed by atoms with E-state index in [1.54, 1.807) is 16.2 Å². The van der Waals surface area contributed by atoms with Gasteiger partial charge in [0, 0.05) is 18.6 Å². The van der Waals surface area contributed by atoms with Crippen molar-refractivity contribution in [2.45, 2.75) is 24.9 Å². The first kappa shape index (κ1) is 12.7. The maximum Gasteiger partial charge on any atom is 0.324 e. The first-order valence-electron chi connectivity index (χ1n) is 7.54. The maximum atomic E-state index is 12.4. The van der Waals surface area contributed by atoms with Gasteiger partial charge in [0.25, 0.3) is 0 Å². The van der Waals surface area contributed by atoms with Crippen LogP contribution in [0, 0.1) is 0 Å². The van der Waals surface area contributed by atoms with Gasteiger partial charge in [0.15, 0.2) is 5.13 Å². The first-order chi connectivity index (χ1) is 10.8. The summed E-state index contributed by atoms with van der Waals surface area (Å²) in [6.45, 7) is 1.99. The molecule has 0 spiro atoms. The summed E-state index contributed by atoms with van der Waals surface area (Å²) in [5.74, 6) is 0.925. The smallest absolute Gasteiger partial charge is 0.324 e. The predicted octanol–water partition coefficient (Wildman–Crippen LogP) is 1.92. The SMILES string of the molecule is O=C1N[C@H]2CCOC[C@H]2N1c1nc2c3c(ccc2s1)OCC3. The van der Waals surface area contributed by atoms with Crippen molar-refractivity contribution in [2.75, 3.05) is 24.7 Å². The Morgan fingerprint density at radius 3 is 3.27 bits per heavy atom. The quantitative estimate of drug-likeness (QED) is 0.873. The van der Waals surface area contributed by atoms with Crippen LogP contribution in [0.4, 0.5) is 9.93 Å². The molecule has 0 bridgehead atoms. The Hall–Kier alpha value is -1.86. The number of benzene rings is 1. The third-order valence-corrected chi connectivity index (χ3v) is 5.63. The zero-order chi connectivity index (χ0) is 14.7. The number of urea groups is 1. The molecular weight excluding hydrogens is 302 g/mol. The lowest BCUT2D eigenvalue weighted by atomic mass is 10.1. The van der Waals surface area contributed by atoms with E-state index in [4.69, 9.17) is 14.5 Å². The van der Waals surface area contributed by atoms with Crippen LogP contribution in [0.5, 0.6) is 5.75 Å². The number of nitrogens with zero attached hydrogens (tertiary/aromatic N) is 2. The minimum absolute atomic E-state index is 0.0473. The standard InChI is InChI=1S/C15H15N3O3S/c19-14-16-9-4-5-20-7-10(9)18(14)15-17-13-8-3-6-21-11(8)1-2-12(13)22-15/h1-2,9-10H,3-7H2,(H,16,19)/t9-,10+/m0/s1. The zero-order valence-electron chi connectivity index (χ0n) is 11.9. The molecule has 2 atom stereocenters. The number of amides is 2. The Morgan fingerprint density at radius 2 is 2.32 bits per heavy atom. The number of carbonyl (C=O) groups is 1. The van der Waals surface area contributed by atoms with Gasteiger partial charge in [-0.2, -0.15) is 0 Å². The Kier molecular flexibility index (Phi) is 2.63. The Morgan fingerprint density at radius 1 is 1.36 bits per heavy atom. The Labute approximate surface area is 131 Å². The zero-order valence-corrected chi connectivity index (χ0v) is 12.7. The second-order valence-corrected chi connectivity index (χ2v) is 6.85. The van der Waals surface area contributed by atoms with Crippen LogP contribution in [-0.2, 0) is 11.2 Å². The molecule has 0 saturated carbocycles. The van der Waals surface area contributed by atoms with Gasteiger partial charge >= 0.3 is 6.03 Å². The van der Waals surface area contributed by atoms with Gasteiger partial charge in [-0.05, 0) is 18.6 Å². The van der Waals surface area contributed by atoms with Gasteiger partial charge in [0.2, 0.25) is 0 Å². The number of carbonyl (C=O) groups excluding carboxylic acids is 1. The third-order valence-electron chi connectivity index (χ3n) is 4.61. The highest BCUT2D eigenvalue weighted by molar-refractivity contribution is 7.22. The largest absolute Gasteiger partial charge is 0.493 e. The minimum atomic E-state index is -0.0625. The van der Waals surface area contributed by atoms with E-state index in [1.807, 2.05) is 12.1 Å². The van der Waals surface area contributed by atoms with Crippen molar-refractivity contribution in [1.82, 2.24) is 10.3 Å². The van der Waals surface area contributed by atoms with Gasteiger partial charge in [-0.15, -0.1) is 0 Å². The topological polar surface area (TPSA) is 63.7 Å². The van der Waals surface area contributed by atoms with Crippen molar-refractivity contribution in [3.05, 3.63) is 17.7 Å². The summed E-state index contributed by atoms with van der Waals surface area (Å²) in [6, 6.07) is 4.19. The number of fused-ring (bicyclic) bond motifs is 4. The summed E-state index contributed by atoms with van der Waals surface area (Å²) in [6.07, 6.45) is 1.75. The number of nitrogens with one attached hydrogen (secondary N) is 1. The van der Waals surface area contributed by atoms with Gasteiger partial charge in [0.05, 0.1) is 35.5 Å². The van der Waals surface area contributed by atoms with Crippen molar-refractivity contribution in [2.24, 2.45) is 0 Å². The normalized spacial score (nSPS) is 26.7. The number of ether oxygens (including phenoxy) is 2. The predicted molar refractivity (Wildman–Crippen MR) is 82.8 cm³/mol. The average molecular weight is 317 g/mol. The molecule has 114 valence electrons. The van der Waals surface area contributed by atoms with E-state index in [0.717, 1.165) is 39.5 Å². The molecule has 6 nitrogen and oxygen atoms in total. The van der Waals surface area contributed by atoms with Crippen LogP contribution in [-0.4, -0.2) is 42.9 Å². The highest BCUT2D eigenvalue weighted by Crippen LogP contribution is 2.39. The second kappa shape index (κ2) is 4.57. The molecule has 2 aromatic rings. The lowest BCUT2D eigenvalue weighted by molar-refractivity contribution is 0.0738. The van der Waals surface area contributed by atoms with Crippen molar-refractivity contribution in [3.63, 3.8) is 0 Å². The van der Waals surface area contributed by atoms with Crippen LogP contribution in [0.2, 0.25) is 0 Å². The van der Waals surface area contributed by atoms with E-state index >= 15 is 0 Å². The minimum Gasteiger partial charge on any atom is -0.493 e. The fraction of sp³-hybridized carbons (Fsp3) is 0.467. The number of rotatable bonds is 1. The molecule has 5 rings (SSSR count). The van der Waals surface area contributed by atoms with E-state index in [-0.39, 0.29) is 18.1 Å². The van der Waals surface area contributed by atoms with Gasteiger partial charge in [0.1, 0.15) is 5.75 Å². The molecular formula is C15H15N3O3S. The molecule has 3 aliphatic heterocycles. The molecule has 0 radical (unpaired) electrons. The molecule has 1 N–H and O–H groups in total. The van der Waals surface area contributed by atoms with E-state index in [0.29, 0.717) is 19.8 Å². The summed E-state index contributed by atoms with van der Waals surface area (Å²) < 4.78 is 12.3. The molecule has 4 heterocycles. The molecule has 0 unspecified atom stereocenters. The van der Waals surface area contributed by atoms with Crippen molar-refractivity contribution in [3.8, 4) is 5.75 Å². The maximum absolute atomic E-state index is 12.4. The van der Waals surface area contributed by atoms with Gasteiger partial charge in [-0.25, -0.2) is 9.78 Å². The fourth-order valence-electron chi connectivity index (χ4n) is 3.51. The van der Waals surface area contributed by atoms with Crippen LogP contribution in [0.15, 0.2) is 12.1 Å². The number of hydrogen-bond donors (Lipinski definition) is 1. The van der Waals surface area contributed by atoms with Crippen LogP contribution in [0.3, 0.4) is 0 Å². The van der Waals surface area contributed by atoms with Crippen molar-refractivity contribution in [1.29, 1.82) is 0 Å². The molecule has 1 aromatic carbocycles. The van der Waals surface area contributed by atoms with Crippen LogP contribution in [0.1, 0.15) is 12.0 Å². The van der Waals surface area contributed by atoms with E-state index in [9.17, 15) is 4.79 Å². The van der Waals surface area contributed by atoms with Crippen molar-refractivity contribution >= 4 is 32.7 Å². The molecule has 7 heteroatoms. The van der Waals surface area contributed by atoms with Gasteiger partial charge < -0.3 is 14.8 Å². The summed E-state index contributed by atoms with van der Waals surface area (Å²) in [5, 5.41) is 3.81. The monoisotopic (exact) mass is 317 g/mol. The lowest BCUT2D eigenvalue weighted by Crippen LogP contribution is -2.44. The van der Waals surface area contributed by atoms with E-state index in [2.05, 4.69) is 5.32 Å². The molecule has 1 aromatic heterocycles.